The Labute approximate surface area is 203 Å². The van der Waals surface area contributed by atoms with Gasteiger partial charge in [-0.15, -0.1) is 0 Å². The highest BCUT2D eigenvalue weighted by atomic mass is 35.5. The topological polar surface area (TPSA) is 82.7 Å². The summed E-state index contributed by atoms with van der Waals surface area (Å²) in [4.78, 5) is 26.6. The summed E-state index contributed by atoms with van der Waals surface area (Å²) in [6, 6.07) is 14.6. The van der Waals surface area contributed by atoms with Crippen molar-refractivity contribution >= 4 is 52.3 Å². The molecule has 2 aliphatic heterocycles. The molecule has 4 rings (SSSR count). The van der Waals surface area contributed by atoms with Crippen LogP contribution in [0.25, 0.3) is 0 Å². The minimum atomic E-state index is -0.376. The molecule has 0 radical (unpaired) electrons. The molecule has 2 aromatic carbocycles. The van der Waals surface area contributed by atoms with Crippen LogP contribution in [0.3, 0.4) is 0 Å². The van der Waals surface area contributed by atoms with Gasteiger partial charge in [-0.1, -0.05) is 11.6 Å². The molecular formula is C24H27ClN4O3S. The molecule has 2 bridgehead atoms. The fourth-order valence-electron chi connectivity index (χ4n) is 4.60. The SMILES string of the molecule is CCOC(=O)c1ccc(NC(=O)NC2C[C@H]3CC[C@H](C2)N3C(=S)Nc2ccc(Cl)cc2)cc1. The van der Waals surface area contributed by atoms with Crippen molar-refractivity contribution in [2.24, 2.45) is 0 Å². The van der Waals surface area contributed by atoms with Gasteiger partial charge in [0.2, 0.25) is 0 Å². The van der Waals surface area contributed by atoms with E-state index in [1.165, 1.54) is 0 Å². The average molecular weight is 487 g/mol. The Morgan fingerprint density at radius 2 is 1.58 bits per heavy atom. The smallest absolute Gasteiger partial charge is 0.338 e. The summed E-state index contributed by atoms with van der Waals surface area (Å²) in [5, 5.41) is 10.7. The second kappa shape index (κ2) is 10.4. The van der Waals surface area contributed by atoms with Crippen LogP contribution in [0.5, 0.6) is 0 Å². The average Bonchev–Trinajstić information content (AvgIpc) is 3.06. The lowest BCUT2D eigenvalue weighted by atomic mass is 9.98. The molecule has 2 fully saturated rings. The number of ether oxygens (including phenoxy) is 1. The van der Waals surface area contributed by atoms with Gasteiger partial charge in [-0.05, 0) is 93.4 Å². The number of urea groups is 1. The van der Waals surface area contributed by atoms with Gasteiger partial charge in [0, 0.05) is 34.5 Å². The molecule has 33 heavy (non-hydrogen) atoms. The number of carbonyl (C=O) groups is 2. The molecular weight excluding hydrogens is 460 g/mol. The lowest BCUT2D eigenvalue weighted by Crippen LogP contribution is -2.54. The van der Waals surface area contributed by atoms with Crippen molar-refractivity contribution in [2.45, 2.75) is 50.7 Å². The maximum Gasteiger partial charge on any atom is 0.338 e. The van der Waals surface area contributed by atoms with Crippen molar-refractivity contribution in [3.05, 3.63) is 59.1 Å². The predicted octanol–water partition coefficient (Wildman–Crippen LogP) is 5.03. The Balaban J connectivity index is 1.29. The Morgan fingerprint density at radius 3 is 2.18 bits per heavy atom. The number of carbonyl (C=O) groups excluding carboxylic acids is 2. The number of thiocarbonyl (C=S) groups is 1. The minimum Gasteiger partial charge on any atom is -0.462 e. The van der Waals surface area contributed by atoms with Gasteiger partial charge in [0.15, 0.2) is 5.11 Å². The number of anilines is 2. The molecule has 174 valence electrons. The molecule has 2 amide bonds. The van der Waals surface area contributed by atoms with E-state index in [1.54, 1.807) is 31.2 Å². The van der Waals surface area contributed by atoms with E-state index in [1.807, 2.05) is 24.3 Å². The molecule has 2 aromatic rings. The molecule has 0 aromatic heterocycles. The lowest BCUT2D eigenvalue weighted by Gasteiger charge is -2.40. The van der Waals surface area contributed by atoms with E-state index >= 15 is 0 Å². The van der Waals surface area contributed by atoms with Gasteiger partial charge in [-0.3, -0.25) is 0 Å². The number of hydrogen-bond donors (Lipinski definition) is 3. The normalized spacial score (nSPS) is 21.3. The monoisotopic (exact) mass is 486 g/mol. The van der Waals surface area contributed by atoms with Crippen LogP contribution in [0, 0.1) is 0 Å². The third-order valence-corrected chi connectivity index (χ3v) is 6.62. The largest absolute Gasteiger partial charge is 0.462 e. The molecule has 2 saturated heterocycles. The molecule has 2 atom stereocenters. The van der Waals surface area contributed by atoms with E-state index < -0.39 is 0 Å². The van der Waals surface area contributed by atoms with E-state index in [0.717, 1.165) is 36.5 Å². The van der Waals surface area contributed by atoms with Crippen molar-refractivity contribution in [1.82, 2.24) is 10.2 Å². The number of rotatable bonds is 5. The standard InChI is InChI=1S/C24H27ClN4O3S/c1-2-32-22(30)15-3-7-17(8-4-15)26-23(31)27-19-13-20-11-12-21(14-19)29(20)24(33)28-18-9-5-16(25)6-10-18/h3-10,19-21H,2,11-14H2,1H3,(H,28,33)(H2,26,27,31)/t20-,21-/m1/s1. The van der Waals surface area contributed by atoms with E-state index in [-0.39, 0.29) is 18.0 Å². The van der Waals surface area contributed by atoms with Gasteiger partial charge in [0.25, 0.3) is 0 Å². The number of piperidine rings is 1. The third-order valence-electron chi connectivity index (χ3n) is 6.05. The maximum absolute atomic E-state index is 12.5. The van der Waals surface area contributed by atoms with Crippen LogP contribution in [-0.4, -0.2) is 46.7 Å². The van der Waals surface area contributed by atoms with Crippen LogP contribution in [0.15, 0.2) is 48.5 Å². The fraction of sp³-hybridized carbons (Fsp3) is 0.375. The first kappa shape index (κ1) is 23.3. The molecule has 0 aliphatic carbocycles. The van der Waals surface area contributed by atoms with E-state index in [9.17, 15) is 9.59 Å². The lowest BCUT2D eigenvalue weighted by molar-refractivity contribution is 0.0526. The molecule has 2 aliphatic rings. The number of hydrogen-bond acceptors (Lipinski definition) is 4. The van der Waals surface area contributed by atoms with Gasteiger partial charge in [0.05, 0.1) is 12.2 Å². The summed E-state index contributed by atoms with van der Waals surface area (Å²) in [5.74, 6) is -0.376. The van der Waals surface area contributed by atoms with Crippen LogP contribution in [-0.2, 0) is 4.74 Å². The summed E-state index contributed by atoms with van der Waals surface area (Å²) < 4.78 is 4.98. The van der Waals surface area contributed by atoms with E-state index in [0.29, 0.717) is 35.0 Å². The molecule has 7 nitrogen and oxygen atoms in total. The van der Waals surface area contributed by atoms with Crippen LogP contribution in [0.4, 0.5) is 16.2 Å². The zero-order valence-corrected chi connectivity index (χ0v) is 19.9. The summed E-state index contributed by atoms with van der Waals surface area (Å²) in [6.07, 6.45) is 3.80. The summed E-state index contributed by atoms with van der Waals surface area (Å²) >= 11 is 11.7. The molecule has 9 heteroatoms. The van der Waals surface area contributed by atoms with Gasteiger partial charge in [0.1, 0.15) is 0 Å². The Kier molecular flexibility index (Phi) is 7.35. The number of nitrogens with one attached hydrogen (secondary N) is 3. The van der Waals surface area contributed by atoms with Gasteiger partial charge >= 0.3 is 12.0 Å². The zero-order valence-electron chi connectivity index (χ0n) is 18.3. The molecule has 0 spiro atoms. The second-order valence-electron chi connectivity index (χ2n) is 8.29. The quantitative estimate of drug-likeness (QED) is 0.406. The molecule has 0 saturated carbocycles. The number of amides is 2. The number of halogens is 1. The Hall–Kier alpha value is -2.84. The van der Waals surface area contributed by atoms with Crippen LogP contribution < -0.4 is 16.0 Å². The highest BCUT2D eigenvalue weighted by Gasteiger charge is 2.42. The first-order valence-corrected chi connectivity index (χ1v) is 11.9. The molecule has 0 unspecified atom stereocenters. The summed E-state index contributed by atoms with van der Waals surface area (Å²) in [7, 11) is 0. The zero-order chi connectivity index (χ0) is 23.4. The van der Waals surface area contributed by atoms with Crippen LogP contribution >= 0.6 is 23.8 Å². The number of esters is 1. The van der Waals surface area contributed by atoms with Crippen LogP contribution in [0.1, 0.15) is 43.0 Å². The number of benzene rings is 2. The third kappa shape index (κ3) is 5.75. The van der Waals surface area contributed by atoms with Crippen molar-refractivity contribution in [3.63, 3.8) is 0 Å². The Bertz CT molecular complexity index is 1000. The fourth-order valence-corrected chi connectivity index (χ4v) is 5.15. The second-order valence-corrected chi connectivity index (χ2v) is 9.12. The highest BCUT2D eigenvalue weighted by molar-refractivity contribution is 7.80. The van der Waals surface area contributed by atoms with Crippen LogP contribution in [0.2, 0.25) is 5.02 Å². The summed E-state index contributed by atoms with van der Waals surface area (Å²) in [5.41, 5.74) is 1.99. The Morgan fingerprint density at radius 1 is 1.00 bits per heavy atom. The maximum atomic E-state index is 12.5. The highest BCUT2D eigenvalue weighted by Crippen LogP contribution is 2.36. The van der Waals surface area contributed by atoms with E-state index in [4.69, 9.17) is 28.6 Å². The van der Waals surface area contributed by atoms with Crippen molar-refractivity contribution in [3.8, 4) is 0 Å². The first-order valence-electron chi connectivity index (χ1n) is 11.1. The summed E-state index contributed by atoms with van der Waals surface area (Å²) in [6.45, 7) is 2.09. The number of nitrogens with zero attached hydrogens (tertiary/aromatic N) is 1. The predicted molar refractivity (Wildman–Crippen MR) is 134 cm³/mol. The number of fused-ring (bicyclic) bond motifs is 2. The van der Waals surface area contributed by atoms with Crippen molar-refractivity contribution in [2.75, 3.05) is 17.2 Å². The molecule has 3 N–H and O–H groups in total. The van der Waals surface area contributed by atoms with Gasteiger partial charge in [-0.25, -0.2) is 9.59 Å². The van der Waals surface area contributed by atoms with Gasteiger partial charge in [-0.2, -0.15) is 0 Å². The van der Waals surface area contributed by atoms with Crippen molar-refractivity contribution < 1.29 is 14.3 Å². The molecule has 2 heterocycles. The van der Waals surface area contributed by atoms with Crippen molar-refractivity contribution in [1.29, 1.82) is 0 Å². The van der Waals surface area contributed by atoms with Gasteiger partial charge < -0.3 is 25.6 Å². The first-order chi connectivity index (χ1) is 15.9. The van der Waals surface area contributed by atoms with E-state index in [2.05, 4.69) is 20.9 Å². The minimum absolute atomic E-state index is 0.0795.